The van der Waals surface area contributed by atoms with E-state index >= 15 is 0 Å². The van der Waals surface area contributed by atoms with Gasteiger partial charge < -0.3 is 14.4 Å². The lowest BCUT2D eigenvalue weighted by Gasteiger charge is -2.07. The van der Waals surface area contributed by atoms with Crippen molar-refractivity contribution in [2.75, 3.05) is 12.9 Å². The topological polar surface area (TPSA) is 102 Å². The molecule has 0 unspecified atom stereocenters. The van der Waals surface area contributed by atoms with Gasteiger partial charge in [0.1, 0.15) is 0 Å². The largest absolute Gasteiger partial charge is 0.504 e. The summed E-state index contributed by atoms with van der Waals surface area (Å²) in [6.45, 7) is 2.64. The van der Waals surface area contributed by atoms with Crippen LogP contribution in [0.4, 0.5) is 0 Å². The third-order valence-electron chi connectivity index (χ3n) is 4.11. The molecular formula is C20H20ClN5O3S. The first-order chi connectivity index (χ1) is 14.5. The summed E-state index contributed by atoms with van der Waals surface area (Å²) in [6.07, 6.45) is 1.35. The number of phenolic OH excluding ortho intramolecular Hbond substituents is 1. The van der Waals surface area contributed by atoms with Gasteiger partial charge in [-0.2, -0.15) is 5.10 Å². The van der Waals surface area contributed by atoms with E-state index in [0.29, 0.717) is 33.9 Å². The predicted molar refractivity (Wildman–Crippen MR) is 117 cm³/mol. The number of benzene rings is 2. The number of aromatic nitrogens is 3. The zero-order valence-corrected chi connectivity index (χ0v) is 17.9. The highest BCUT2D eigenvalue weighted by Gasteiger charge is 2.14. The second-order valence-corrected chi connectivity index (χ2v) is 7.42. The van der Waals surface area contributed by atoms with Crippen molar-refractivity contribution in [1.29, 1.82) is 0 Å². The van der Waals surface area contributed by atoms with Crippen molar-refractivity contribution in [1.82, 2.24) is 20.2 Å². The van der Waals surface area contributed by atoms with Gasteiger partial charge in [0.05, 0.1) is 19.1 Å². The highest BCUT2D eigenvalue weighted by atomic mass is 35.5. The van der Waals surface area contributed by atoms with Crippen LogP contribution < -0.4 is 10.2 Å². The van der Waals surface area contributed by atoms with Crippen molar-refractivity contribution in [2.45, 2.75) is 18.6 Å². The first-order valence-electron chi connectivity index (χ1n) is 9.03. The quantitative estimate of drug-likeness (QED) is 0.312. The molecule has 0 aliphatic heterocycles. The zero-order valence-electron chi connectivity index (χ0n) is 16.4. The molecule has 2 aromatic carbocycles. The normalized spacial score (nSPS) is 11.0. The number of methoxy groups -OCH3 is 1. The number of rotatable bonds is 8. The summed E-state index contributed by atoms with van der Waals surface area (Å²) >= 11 is 7.21. The monoisotopic (exact) mass is 445 g/mol. The van der Waals surface area contributed by atoms with Gasteiger partial charge in [-0.25, -0.2) is 5.43 Å². The van der Waals surface area contributed by atoms with E-state index < -0.39 is 0 Å². The van der Waals surface area contributed by atoms with Crippen molar-refractivity contribution in [3.05, 3.63) is 53.1 Å². The number of amides is 1. The van der Waals surface area contributed by atoms with E-state index in [-0.39, 0.29) is 17.4 Å². The second-order valence-electron chi connectivity index (χ2n) is 6.04. The molecule has 3 aromatic rings. The fraction of sp³-hybridized carbons (Fsp3) is 0.200. The Hall–Kier alpha value is -3.04. The van der Waals surface area contributed by atoms with Crippen molar-refractivity contribution in [3.8, 4) is 22.9 Å². The van der Waals surface area contributed by atoms with Crippen molar-refractivity contribution < 1.29 is 14.6 Å². The average molecular weight is 446 g/mol. The summed E-state index contributed by atoms with van der Waals surface area (Å²) in [6, 6.07) is 12.3. The van der Waals surface area contributed by atoms with Crippen LogP contribution >= 0.6 is 23.4 Å². The number of nitrogens with zero attached hydrogens (tertiary/aromatic N) is 4. The minimum absolute atomic E-state index is 0.0434. The second kappa shape index (κ2) is 10.1. The van der Waals surface area contributed by atoms with E-state index in [1.807, 2.05) is 23.6 Å². The van der Waals surface area contributed by atoms with Crippen molar-refractivity contribution in [3.63, 3.8) is 0 Å². The summed E-state index contributed by atoms with van der Waals surface area (Å²) in [5, 5.41) is 23.6. The number of halogens is 1. The first-order valence-corrected chi connectivity index (χ1v) is 10.4. The maximum atomic E-state index is 12.1. The Morgan fingerprint density at radius 2 is 2.07 bits per heavy atom. The molecule has 156 valence electrons. The average Bonchev–Trinajstić information content (AvgIpc) is 3.17. The molecule has 0 spiro atoms. The molecule has 30 heavy (non-hydrogen) atoms. The number of hydrogen-bond acceptors (Lipinski definition) is 7. The summed E-state index contributed by atoms with van der Waals surface area (Å²) in [7, 11) is 1.46. The summed E-state index contributed by atoms with van der Waals surface area (Å²) in [5.74, 6) is 0.801. The molecule has 0 bridgehead atoms. The smallest absolute Gasteiger partial charge is 0.250 e. The molecule has 0 saturated heterocycles. The molecule has 3 rings (SSSR count). The van der Waals surface area contributed by atoms with Gasteiger partial charge in [0.2, 0.25) is 0 Å². The van der Waals surface area contributed by atoms with E-state index in [9.17, 15) is 9.90 Å². The predicted octanol–water partition coefficient (Wildman–Crippen LogP) is 3.58. The molecule has 0 saturated carbocycles. The van der Waals surface area contributed by atoms with E-state index in [4.69, 9.17) is 16.3 Å². The standard InChI is InChI=1S/C20H20ClN5O3S/c1-3-26-19(13-7-9-15(21)10-8-13)24-25-20(26)30-12-17(27)23-22-11-14-5-4-6-16(29-2)18(14)28/h4-11,28H,3,12H2,1-2H3,(H,23,27)/b22-11+. The van der Waals surface area contributed by atoms with Gasteiger partial charge in [0.15, 0.2) is 22.5 Å². The number of phenols is 1. The number of ether oxygens (including phenoxy) is 1. The number of aromatic hydroxyl groups is 1. The number of hydrogen-bond donors (Lipinski definition) is 2. The fourth-order valence-electron chi connectivity index (χ4n) is 2.64. The van der Waals surface area contributed by atoms with E-state index in [1.165, 1.54) is 25.1 Å². The van der Waals surface area contributed by atoms with Crippen LogP contribution in [0.3, 0.4) is 0 Å². The molecule has 2 N–H and O–H groups in total. The molecule has 10 heteroatoms. The molecule has 8 nitrogen and oxygen atoms in total. The third kappa shape index (κ3) is 5.11. The minimum Gasteiger partial charge on any atom is -0.504 e. The van der Waals surface area contributed by atoms with Crippen LogP contribution in [0.25, 0.3) is 11.4 Å². The van der Waals surface area contributed by atoms with E-state index in [2.05, 4.69) is 20.7 Å². The first kappa shape index (κ1) is 21.7. The number of hydrazone groups is 1. The van der Waals surface area contributed by atoms with Gasteiger partial charge in [-0.3, -0.25) is 4.79 Å². The van der Waals surface area contributed by atoms with Crippen LogP contribution in [0.1, 0.15) is 12.5 Å². The minimum atomic E-state index is -0.308. The molecule has 0 radical (unpaired) electrons. The highest BCUT2D eigenvalue weighted by Crippen LogP contribution is 2.28. The Morgan fingerprint density at radius 1 is 1.30 bits per heavy atom. The number of thioether (sulfide) groups is 1. The number of nitrogens with one attached hydrogen (secondary N) is 1. The van der Waals surface area contributed by atoms with Crippen LogP contribution in [0.15, 0.2) is 52.7 Å². The Bertz CT molecular complexity index is 1050. The van der Waals surface area contributed by atoms with Gasteiger partial charge in [-0.05, 0) is 43.3 Å². The molecule has 0 atom stereocenters. The Morgan fingerprint density at radius 3 is 2.77 bits per heavy atom. The van der Waals surface area contributed by atoms with Gasteiger partial charge >= 0.3 is 0 Å². The van der Waals surface area contributed by atoms with E-state index in [0.717, 1.165) is 5.56 Å². The maximum Gasteiger partial charge on any atom is 0.250 e. The Labute approximate surface area is 182 Å². The summed E-state index contributed by atoms with van der Waals surface area (Å²) in [5.41, 5.74) is 3.76. The van der Waals surface area contributed by atoms with Gasteiger partial charge in [0.25, 0.3) is 5.91 Å². The Balaban J connectivity index is 1.60. The SMILES string of the molecule is CCn1c(SCC(=O)N/N=C/c2cccc(OC)c2O)nnc1-c1ccc(Cl)cc1. The molecular weight excluding hydrogens is 426 g/mol. The van der Waals surface area contributed by atoms with Crippen LogP contribution in [0, 0.1) is 0 Å². The number of carbonyl (C=O) groups is 1. The maximum absolute atomic E-state index is 12.1. The summed E-state index contributed by atoms with van der Waals surface area (Å²) < 4.78 is 6.97. The third-order valence-corrected chi connectivity index (χ3v) is 5.33. The van der Waals surface area contributed by atoms with Crippen LogP contribution in [0.2, 0.25) is 5.02 Å². The molecule has 1 amide bonds. The van der Waals surface area contributed by atoms with Crippen molar-refractivity contribution in [2.24, 2.45) is 5.10 Å². The highest BCUT2D eigenvalue weighted by molar-refractivity contribution is 7.99. The number of para-hydroxylation sites is 1. The molecule has 1 heterocycles. The van der Waals surface area contributed by atoms with Gasteiger partial charge in [-0.1, -0.05) is 29.4 Å². The van der Waals surface area contributed by atoms with Crippen LogP contribution in [-0.2, 0) is 11.3 Å². The summed E-state index contributed by atoms with van der Waals surface area (Å²) in [4.78, 5) is 12.1. The van der Waals surface area contributed by atoms with Gasteiger partial charge in [-0.15, -0.1) is 10.2 Å². The van der Waals surface area contributed by atoms with Crippen LogP contribution in [-0.4, -0.2) is 44.9 Å². The van der Waals surface area contributed by atoms with E-state index in [1.54, 1.807) is 30.3 Å². The molecule has 0 aliphatic carbocycles. The zero-order chi connectivity index (χ0) is 21.5. The van der Waals surface area contributed by atoms with Crippen LogP contribution in [0.5, 0.6) is 11.5 Å². The lowest BCUT2D eigenvalue weighted by atomic mass is 10.2. The Kier molecular flexibility index (Phi) is 7.31. The molecule has 1 aromatic heterocycles. The lowest BCUT2D eigenvalue weighted by Crippen LogP contribution is -2.20. The van der Waals surface area contributed by atoms with Crippen molar-refractivity contribution >= 4 is 35.5 Å². The fourth-order valence-corrected chi connectivity index (χ4v) is 3.56. The number of carbonyl (C=O) groups excluding carboxylic acids is 1. The lowest BCUT2D eigenvalue weighted by molar-refractivity contribution is -0.118. The molecule has 0 aliphatic rings. The van der Waals surface area contributed by atoms with Gasteiger partial charge in [0, 0.05) is 22.7 Å². The molecule has 0 fully saturated rings.